The lowest BCUT2D eigenvalue weighted by Gasteiger charge is -2.26. The summed E-state index contributed by atoms with van der Waals surface area (Å²) in [6.07, 6.45) is 3.31. The van der Waals surface area contributed by atoms with Gasteiger partial charge < -0.3 is 14.4 Å². The van der Waals surface area contributed by atoms with Gasteiger partial charge in [-0.25, -0.2) is 9.18 Å². The number of halogens is 1. The first-order chi connectivity index (χ1) is 11.6. The number of hydrogen-bond acceptors (Lipinski definition) is 3. The van der Waals surface area contributed by atoms with E-state index in [1.54, 1.807) is 23.1 Å². The topological polar surface area (TPSA) is 38.8 Å². The van der Waals surface area contributed by atoms with Crippen LogP contribution in [0, 0.1) is 5.82 Å². The average Bonchev–Trinajstić information content (AvgIpc) is 2.55. The fourth-order valence-electron chi connectivity index (χ4n) is 2.23. The van der Waals surface area contributed by atoms with Crippen LogP contribution in [0.25, 0.3) is 0 Å². The summed E-state index contributed by atoms with van der Waals surface area (Å²) in [5, 5.41) is 0. The summed E-state index contributed by atoms with van der Waals surface area (Å²) in [5.74, 6) is -0.238. The number of benzene rings is 1. The van der Waals surface area contributed by atoms with Gasteiger partial charge in [-0.2, -0.15) is 0 Å². The normalized spacial score (nSPS) is 10.9. The predicted octanol–water partition coefficient (Wildman–Crippen LogP) is 4.77. The van der Waals surface area contributed by atoms with E-state index >= 15 is 0 Å². The Labute approximate surface area is 144 Å². The zero-order valence-corrected chi connectivity index (χ0v) is 15.1. The molecule has 0 aromatic heterocycles. The monoisotopic (exact) mass is 339 g/mol. The second-order valence-electron chi connectivity index (χ2n) is 6.11. The SMILES string of the molecule is CCCCOC(=O)N(CCCCOCc1ccccc1F)C(C)C. The first kappa shape index (κ1) is 20.4. The molecule has 0 heterocycles. The maximum absolute atomic E-state index is 13.4. The summed E-state index contributed by atoms with van der Waals surface area (Å²) in [6.45, 7) is 7.97. The summed E-state index contributed by atoms with van der Waals surface area (Å²) < 4.78 is 24.2. The molecule has 0 saturated carbocycles. The molecule has 0 saturated heterocycles. The lowest BCUT2D eigenvalue weighted by atomic mass is 10.2. The summed E-state index contributed by atoms with van der Waals surface area (Å²) in [4.78, 5) is 13.8. The van der Waals surface area contributed by atoms with Crippen LogP contribution in [0.4, 0.5) is 9.18 Å². The third-order valence-electron chi connectivity index (χ3n) is 3.73. The Morgan fingerprint density at radius 2 is 1.92 bits per heavy atom. The van der Waals surface area contributed by atoms with E-state index < -0.39 is 0 Å². The molecular weight excluding hydrogens is 309 g/mol. The molecule has 5 heteroatoms. The van der Waals surface area contributed by atoms with Crippen molar-refractivity contribution >= 4 is 6.09 Å². The molecule has 0 spiro atoms. The number of amides is 1. The molecular formula is C19H30FNO3. The highest BCUT2D eigenvalue weighted by molar-refractivity contribution is 5.67. The van der Waals surface area contributed by atoms with E-state index in [1.165, 1.54) is 6.07 Å². The number of unbranched alkanes of at least 4 members (excludes halogenated alkanes) is 2. The molecule has 0 aliphatic rings. The fourth-order valence-corrected chi connectivity index (χ4v) is 2.23. The minimum absolute atomic E-state index is 0.110. The smallest absolute Gasteiger partial charge is 0.409 e. The van der Waals surface area contributed by atoms with E-state index in [0.717, 1.165) is 25.7 Å². The zero-order valence-electron chi connectivity index (χ0n) is 15.1. The van der Waals surface area contributed by atoms with E-state index in [0.29, 0.717) is 25.3 Å². The molecule has 0 radical (unpaired) electrons. The second-order valence-corrected chi connectivity index (χ2v) is 6.11. The Morgan fingerprint density at radius 1 is 1.17 bits per heavy atom. The number of carbonyl (C=O) groups excluding carboxylic acids is 1. The maximum Gasteiger partial charge on any atom is 0.409 e. The van der Waals surface area contributed by atoms with E-state index in [-0.39, 0.29) is 24.6 Å². The lowest BCUT2D eigenvalue weighted by Crippen LogP contribution is -2.38. The molecule has 0 N–H and O–H groups in total. The molecule has 0 atom stereocenters. The van der Waals surface area contributed by atoms with Crippen LogP contribution < -0.4 is 0 Å². The molecule has 0 aliphatic heterocycles. The molecule has 1 amide bonds. The van der Waals surface area contributed by atoms with Gasteiger partial charge in [0.15, 0.2) is 0 Å². The van der Waals surface area contributed by atoms with E-state index in [2.05, 4.69) is 6.92 Å². The second kappa shape index (κ2) is 11.8. The van der Waals surface area contributed by atoms with Crippen molar-refractivity contribution in [3.63, 3.8) is 0 Å². The van der Waals surface area contributed by atoms with Gasteiger partial charge in [0.05, 0.1) is 13.2 Å². The van der Waals surface area contributed by atoms with E-state index in [4.69, 9.17) is 9.47 Å². The quantitative estimate of drug-likeness (QED) is 0.545. The number of hydrogen-bond donors (Lipinski definition) is 0. The van der Waals surface area contributed by atoms with Crippen molar-refractivity contribution in [3.05, 3.63) is 35.6 Å². The third kappa shape index (κ3) is 7.77. The van der Waals surface area contributed by atoms with Gasteiger partial charge in [-0.05, 0) is 39.2 Å². The van der Waals surface area contributed by atoms with Gasteiger partial charge in [0.2, 0.25) is 0 Å². The molecule has 1 aromatic carbocycles. The van der Waals surface area contributed by atoms with Crippen LogP contribution in [0.3, 0.4) is 0 Å². The summed E-state index contributed by atoms with van der Waals surface area (Å²) in [6, 6.07) is 6.73. The van der Waals surface area contributed by atoms with Crippen molar-refractivity contribution in [3.8, 4) is 0 Å². The number of carbonyl (C=O) groups is 1. The van der Waals surface area contributed by atoms with E-state index in [1.807, 2.05) is 13.8 Å². The Kier molecular flexibility index (Phi) is 10.1. The van der Waals surface area contributed by atoms with Crippen molar-refractivity contribution in [1.29, 1.82) is 0 Å². The van der Waals surface area contributed by atoms with Crippen LogP contribution in [0.2, 0.25) is 0 Å². The lowest BCUT2D eigenvalue weighted by molar-refractivity contribution is 0.0845. The van der Waals surface area contributed by atoms with Crippen molar-refractivity contribution in [2.45, 2.75) is 59.1 Å². The van der Waals surface area contributed by atoms with Gasteiger partial charge in [0.1, 0.15) is 5.82 Å². The Hall–Kier alpha value is -1.62. The molecule has 4 nitrogen and oxygen atoms in total. The highest BCUT2D eigenvalue weighted by atomic mass is 19.1. The van der Waals surface area contributed by atoms with Gasteiger partial charge in [-0.1, -0.05) is 31.5 Å². The molecule has 1 rings (SSSR count). The highest BCUT2D eigenvalue weighted by Gasteiger charge is 2.17. The van der Waals surface area contributed by atoms with Gasteiger partial charge in [-0.3, -0.25) is 0 Å². The maximum atomic E-state index is 13.4. The summed E-state index contributed by atoms with van der Waals surface area (Å²) in [5.41, 5.74) is 0.570. The Balaban J connectivity index is 2.21. The fraction of sp³-hybridized carbons (Fsp3) is 0.632. The number of rotatable bonds is 11. The molecule has 0 bridgehead atoms. The molecule has 0 unspecified atom stereocenters. The number of nitrogens with zero attached hydrogens (tertiary/aromatic N) is 1. The van der Waals surface area contributed by atoms with Crippen LogP contribution in [0.1, 0.15) is 52.0 Å². The standard InChI is InChI=1S/C19H30FNO3/c1-4-5-14-24-19(22)21(16(2)3)12-8-9-13-23-15-17-10-6-7-11-18(17)20/h6-7,10-11,16H,4-5,8-9,12-15H2,1-3H3. The van der Waals surface area contributed by atoms with Crippen molar-refractivity contribution in [2.75, 3.05) is 19.8 Å². The van der Waals surface area contributed by atoms with Crippen LogP contribution in [0.5, 0.6) is 0 Å². The van der Waals surface area contributed by atoms with Crippen molar-refractivity contribution < 1.29 is 18.7 Å². The molecule has 1 aromatic rings. The van der Waals surface area contributed by atoms with Crippen LogP contribution in [0.15, 0.2) is 24.3 Å². The highest BCUT2D eigenvalue weighted by Crippen LogP contribution is 2.09. The van der Waals surface area contributed by atoms with Crippen LogP contribution in [-0.4, -0.2) is 36.8 Å². The zero-order chi connectivity index (χ0) is 17.8. The Morgan fingerprint density at radius 3 is 2.58 bits per heavy atom. The van der Waals surface area contributed by atoms with Crippen molar-refractivity contribution in [2.24, 2.45) is 0 Å². The molecule has 0 aliphatic carbocycles. The Bertz CT molecular complexity index is 479. The van der Waals surface area contributed by atoms with Crippen LogP contribution in [-0.2, 0) is 16.1 Å². The first-order valence-corrected chi connectivity index (χ1v) is 8.80. The number of ether oxygens (including phenoxy) is 2. The summed E-state index contributed by atoms with van der Waals surface area (Å²) >= 11 is 0. The summed E-state index contributed by atoms with van der Waals surface area (Å²) in [7, 11) is 0. The molecule has 0 fully saturated rings. The largest absolute Gasteiger partial charge is 0.449 e. The van der Waals surface area contributed by atoms with Gasteiger partial charge in [-0.15, -0.1) is 0 Å². The first-order valence-electron chi connectivity index (χ1n) is 8.80. The van der Waals surface area contributed by atoms with Crippen molar-refractivity contribution in [1.82, 2.24) is 4.90 Å². The van der Waals surface area contributed by atoms with Gasteiger partial charge in [0.25, 0.3) is 0 Å². The molecule has 136 valence electrons. The molecule has 24 heavy (non-hydrogen) atoms. The third-order valence-corrected chi connectivity index (χ3v) is 3.73. The predicted molar refractivity (Wildman–Crippen MR) is 93.4 cm³/mol. The minimum atomic E-state index is -0.245. The average molecular weight is 339 g/mol. The van der Waals surface area contributed by atoms with Gasteiger partial charge >= 0.3 is 6.09 Å². The van der Waals surface area contributed by atoms with Crippen LogP contribution >= 0.6 is 0 Å². The van der Waals surface area contributed by atoms with Gasteiger partial charge in [0, 0.05) is 24.8 Å². The van der Waals surface area contributed by atoms with E-state index in [9.17, 15) is 9.18 Å². The minimum Gasteiger partial charge on any atom is -0.449 e.